The van der Waals surface area contributed by atoms with Crippen LogP contribution in [0.15, 0.2) is 18.2 Å². The molecule has 1 N–H and O–H groups in total. The van der Waals surface area contributed by atoms with Crippen LogP contribution in [0.1, 0.15) is 18.2 Å². The molecule has 0 amide bonds. The monoisotopic (exact) mass is 218 g/mol. The maximum Gasteiger partial charge on any atom is 0.128 e. The molecule has 1 heterocycles. The van der Waals surface area contributed by atoms with Gasteiger partial charge in [0.05, 0.1) is 5.52 Å². The zero-order chi connectivity index (χ0) is 11.7. The summed E-state index contributed by atoms with van der Waals surface area (Å²) in [4.78, 5) is 4.42. The van der Waals surface area contributed by atoms with Crippen molar-refractivity contribution >= 4 is 16.6 Å². The summed E-state index contributed by atoms with van der Waals surface area (Å²) in [5.74, 6) is -0.199. The van der Waals surface area contributed by atoms with E-state index in [0.717, 1.165) is 23.2 Å². The van der Waals surface area contributed by atoms with Crippen molar-refractivity contribution in [2.45, 2.75) is 20.3 Å². The van der Waals surface area contributed by atoms with Gasteiger partial charge < -0.3 is 5.32 Å². The fourth-order valence-corrected chi connectivity index (χ4v) is 1.80. The quantitative estimate of drug-likeness (QED) is 0.836. The lowest BCUT2D eigenvalue weighted by Gasteiger charge is -2.09. The minimum Gasteiger partial charge on any atom is -0.388 e. The minimum absolute atomic E-state index is 0.199. The van der Waals surface area contributed by atoms with E-state index in [1.807, 2.05) is 26.1 Å². The van der Waals surface area contributed by atoms with Gasteiger partial charge in [-0.25, -0.2) is 4.39 Å². The topological polar surface area (TPSA) is 24.9 Å². The number of nitrogens with one attached hydrogen (secondary N) is 1. The van der Waals surface area contributed by atoms with Crippen LogP contribution in [-0.2, 0) is 6.42 Å². The molecule has 0 saturated heterocycles. The fraction of sp³-hybridized carbons (Fsp3) is 0.308. The third-order valence-electron chi connectivity index (χ3n) is 2.77. The summed E-state index contributed by atoms with van der Waals surface area (Å²) in [6, 6.07) is 5.35. The predicted molar refractivity (Wildman–Crippen MR) is 65.4 cm³/mol. The molecule has 0 fully saturated rings. The molecular weight excluding hydrogens is 203 g/mol. The SMILES string of the molecule is CCc1cc(NC)c2cc(C)c(F)cc2n1. The molecule has 0 radical (unpaired) electrons. The molecule has 1 aromatic heterocycles. The van der Waals surface area contributed by atoms with Gasteiger partial charge in [-0.05, 0) is 31.0 Å². The summed E-state index contributed by atoms with van der Waals surface area (Å²) in [5, 5.41) is 4.10. The summed E-state index contributed by atoms with van der Waals surface area (Å²) in [6.45, 7) is 3.81. The summed E-state index contributed by atoms with van der Waals surface area (Å²) < 4.78 is 13.5. The lowest BCUT2D eigenvalue weighted by atomic mass is 10.1. The van der Waals surface area contributed by atoms with E-state index in [0.29, 0.717) is 11.1 Å². The second-order valence-electron chi connectivity index (χ2n) is 3.88. The van der Waals surface area contributed by atoms with E-state index >= 15 is 0 Å². The highest BCUT2D eigenvalue weighted by molar-refractivity contribution is 5.92. The molecule has 2 nitrogen and oxygen atoms in total. The van der Waals surface area contributed by atoms with E-state index in [2.05, 4.69) is 10.3 Å². The van der Waals surface area contributed by atoms with Crippen molar-refractivity contribution in [3.8, 4) is 0 Å². The van der Waals surface area contributed by atoms with Crippen LogP contribution in [0, 0.1) is 12.7 Å². The largest absolute Gasteiger partial charge is 0.388 e. The maximum absolute atomic E-state index is 13.5. The van der Waals surface area contributed by atoms with Gasteiger partial charge in [0.25, 0.3) is 0 Å². The number of rotatable bonds is 2. The Morgan fingerprint density at radius 1 is 1.31 bits per heavy atom. The van der Waals surface area contributed by atoms with Crippen LogP contribution in [0.25, 0.3) is 10.9 Å². The van der Waals surface area contributed by atoms with Crippen molar-refractivity contribution in [3.05, 3.63) is 35.3 Å². The Balaban J connectivity index is 2.79. The van der Waals surface area contributed by atoms with Crippen LogP contribution < -0.4 is 5.32 Å². The highest BCUT2D eigenvalue weighted by Crippen LogP contribution is 2.25. The predicted octanol–water partition coefficient (Wildman–Crippen LogP) is 3.29. The van der Waals surface area contributed by atoms with Crippen LogP contribution >= 0.6 is 0 Å². The van der Waals surface area contributed by atoms with Crippen molar-refractivity contribution in [2.24, 2.45) is 0 Å². The first kappa shape index (κ1) is 10.9. The standard InChI is InChI=1S/C13H15FN2/c1-4-9-6-12(15-3)10-5-8(2)11(14)7-13(10)16-9/h5-7H,4H2,1-3H3,(H,15,16). The van der Waals surface area contributed by atoms with Gasteiger partial charge in [0.1, 0.15) is 5.82 Å². The fourth-order valence-electron chi connectivity index (χ4n) is 1.80. The van der Waals surface area contributed by atoms with Gasteiger partial charge in [-0.2, -0.15) is 0 Å². The highest BCUT2D eigenvalue weighted by Gasteiger charge is 2.07. The van der Waals surface area contributed by atoms with Crippen LogP contribution in [0.2, 0.25) is 0 Å². The van der Waals surface area contributed by atoms with E-state index in [4.69, 9.17) is 0 Å². The molecule has 0 unspecified atom stereocenters. The first-order valence-corrected chi connectivity index (χ1v) is 5.43. The lowest BCUT2D eigenvalue weighted by Crippen LogP contribution is -1.97. The number of aromatic nitrogens is 1. The Morgan fingerprint density at radius 3 is 2.69 bits per heavy atom. The average molecular weight is 218 g/mol. The summed E-state index contributed by atoms with van der Waals surface area (Å²) in [7, 11) is 1.87. The van der Waals surface area contributed by atoms with Gasteiger partial charge in [-0.1, -0.05) is 6.92 Å². The molecule has 0 aliphatic heterocycles. The Labute approximate surface area is 94.5 Å². The third-order valence-corrected chi connectivity index (χ3v) is 2.77. The maximum atomic E-state index is 13.5. The first-order valence-electron chi connectivity index (χ1n) is 5.43. The number of pyridine rings is 1. The normalized spacial score (nSPS) is 10.8. The number of nitrogens with zero attached hydrogens (tertiary/aromatic N) is 1. The molecule has 0 aliphatic rings. The van der Waals surface area contributed by atoms with E-state index < -0.39 is 0 Å². The zero-order valence-electron chi connectivity index (χ0n) is 9.76. The summed E-state index contributed by atoms with van der Waals surface area (Å²) >= 11 is 0. The van der Waals surface area contributed by atoms with Gasteiger partial charge >= 0.3 is 0 Å². The molecule has 0 saturated carbocycles. The molecule has 3 heteroatoms. The van der Waals surface area contributed by atoms with E-state index in [1.54, 1.807) is 6.92 Å². The molecule has 84 valence electrons. The number of benzene rings is 1. The van der Waals surface area contributed by atoms with Gasteiger partial charge in [0.2, 0.25) is 0 Å². The second-order valence-corrected chi connectivity index (χ2v) is 3.88. The highest BCUT2D eigenvalue weighted by atomic mass is 19.1. The van der Waals surface area contributed by atoms with Crippen LogP contribution in [0.5, 0.6) is 0 Å². The molecule has 2 aromatic rings. The lowest BCUT2D eigenvalue weighted by molar-refractivity contribution is 0.620. The second kappa shape index (κ2) is 4.08. The molecule has 0 spiro atoms. The Kier molecular flexibility index (Phi) is 2.77. The van der Waals surface area contributed by atoms with Crippen molar-refractivity contribution in [2.75, 3.05) is 12.4 Å². The Morgan fingerprint density at radius 2 is 2.06 bits per heavy atom. The summed E-state index contributed by atoms with van der Waals surface area (Å²) in [6.07, 6.45) is 0.847. The number of aryl methyl sites for hydroxylation is 2. The smallest absolute Gasteiger partial charge is 0.128 e. The van der Waals surface area contributed by atoms with Crippen LogP contribution in [0.3, 0.4) is 0 Å². The van der Waals surface area contributed by atoms with Gasteiger partial charge in [-0.3, -0.25) is 4.98 Å². The number of anilines is 1. The van der Waals surface area contributed by atoms with Crippen molar-refractivity contribution < 1.29 is 4.39 Å². The number of hydrogen-bond acceptors (Lipinski definition) is 2. The molecule has 16 heavy (non-hydrogen) atoms. The first-order chi connectivity index (χ1) is 7.65. The average Bonchev–Trinajstić information content (AvgIpc) is 2.29. The van der Waals surface area contributed by atoms with E-state index in [9.17, 15) is 4.39 Å². The third kappa shape index (κ3) is 1.73. The van der Waals surface area contributed by atoms with Crippen LogP contribution in [-0.4, -0.2) is 12.0 Å². The molecular formula is C13H15FN2. The van der Waals surface area contributed by atoms with Crippen molar-refractivity contribution in [3.63, 3.8) is 0 Å². The molecule has 0 atom stereocenters. The Hall–Kier alpha value is -1.64. The van der Waals surface area contributed by atoms with Crippen molar-refractivity contribution in [1.29, 1.82) is 0 Å². The molecule has 1 aromatic carbocycles. The van der Waals surface area contributed by atoms with E-state index in [-0.39, 0.29) is 5.82 Å². The minimum atomic E-state index is -0.199. The summed E-state index contributed by atoms with van der Waals surface area (Å²) in [5.41, 5.74) is 3.34. The van der Waals surface area contributed by atoms with Gasteiger partial charge in [0, 0.05) is 29.9 Å². The molecule has 2 rings (SSSR count). The molecule has 0 bridgehead atoms. The van der Waals surface area contributed by atoms with Gasteiger partial charge in [-0.15, -0.1) is 0 Å². The Bertz CT molecular complexity index is 535. The van der Waals surface area contributed by atoms with Gasteiger partial charge in [0.15, 0.2) is 0 Å². The molecule has 0 aliphatic carbocycles. The van der Waals surface area contributed by atoms with E-state index in [1.165, 1.54) is 6.07 Å². The number of fused-ring (bicyclic) bond motifs is 1. The number of hydrogen-bond donors (Lipinski definition) is 1. The van der Waals surface area contributed by atoms with Crippen molar-refractivity contribution in [1.82, 2.24) is 4.98 Å². The van der Waals surface area contributed by atoms with Crippen LogP contribution in [0.4, 0.5) is 10.1 Å². The zero-order valence-corrected chi connectivity index (χ0v) is 9.76. The number of halogens is 1.